The maximum absolute atomic E-state index is 13.5. The number of nitrogens with one attached hydrogen (secondary N) is 3. The van der Waals surface area contributed by atoms with E-state index in [-0.39, 0.29) is 18.0 Å². The van der Waals surface area contributed by atoms with Gasteiger partial charge in [-0.1, -0.05) is 29.8 Å². The highest BCUT2D eigenvalue weighted by molar-refractivity contribution is 6.31. The molecule has 2 heterocycles. The Kier molecular flexibility index (Phi) is 8.98. The number of nitrogens with zero attached hydrogens (tertiary/aromatic N) is 2. The monoisotopic (exact) mass is 575 g/mol. The molecule has 0 aliphatic rings. The summed E-state index contributed by atoms with van der Waals surface area (Å²) in [6.45, 7) is 9.13. The van der Waals surface area contributed by atoms with Crippen molar-refractivity contribution in [2.24, 2.45) is 0 Å². The van der Waals surface area contributed by atoms with Crippen LogP contribution in [0.2, 0.25) is 5.02 Å². The number of hydrogen-bond acceptors (Lipinski definition) is 5. The number of anilines is 1. The topological polar surface area (TPSA) is 118 Å². The molecular weight excluding hydrogens is 542 g/mol. The van der Waals surface area contributed by atoms with Crippen molar-refractivity contribution in [2.45, 2.75) is 58.7 Å². The minimum atomic E-state index is -0.992. The van der Waals surface area contributed by atoms with Gasteiger partial charge in [0.05, 0.1) is 5.69 Å². The quantitative estimate of drug-likeness (QED) is 0.231. The Bertz CT molecular complexity index is 1570. The second kappa shape index (κ2) is 12.4. The number of aromatic nitrogens is 3. The van der Waals surface area contributed by atoms with E-state index in [4.69, 9.17) is 16.3 Å². The summed E-state index contributed by atoms with van der Waals surface area (Å²) < 4.78 is 7.08. The Morgan fingerprint density at radius 2 is 1.68 bits per heavy atom. The lowest BCUT2D eigenvalue weighted by Gasteiger charge is -2.24. The number of rotatable bonds is 8. The van der Waals surface area contributed by atoms with Crippen LogP contribution in [0.25, 0.3) is 22.4 Å². The van der Waals surface area contributed by atoms with Crippen molar-refractivity contribution in [2.75, 3.05) is 5.32 Å². The summed E-state index contributed by atoms with van der Waals surface area (Å²) in [6, 6.07) is 16.8. The number of amides is 2. The third-order valence-electron chi connectivity index (χ3n) is 6.25. The third kappa shape index (κ3) is 7.85. The van der Waals surface area contributed by atoms with Crippen LogP contribution < -0.4 is 16.2 Å². The van der Waals surface area contributed by atoms with E-state index in [9.17, 15) is 14.4 Å². The molecule has 0 bridgehead atoms. The summed E-state index contributed by atoms with van der Waals surface area (Å²) in [5.74, 6) is -0.432. The van der Waals surface area contributed by atoms with Gasteiger partial charge in [-0.3, -0.25) is 14.7 Å². The number of ether oxygens (including phenoxy) is 1. The number of aromatic amines is 1. The maximum Gasteiger partial charge on any atom is 0.408 e. The Hall–Kier alpha value is -4.37. The molecule has 1 atom stereocenters. The van der Waals surface area contributed by atoms with Gasteiger partial charge in [-0.2, -0.15) is 5.10 Å². The molecule has 0 aliphatic carbocycles. The fourth-order valence-corrected chi connectivity index (χ4v) is 4.44. The summed E-state index contributed by atoms with van der Waals surface area (Å²) in [4.78, 5) is 38.4. The fourth-order valence-electron chi connectivity index (χ4n) is 4.24. The molecule has 0 saturated carbocycles. The average Bonchev–Trinajstić information content (AvgIpc) is 3.44. The van der Waals surface area contributed by atoms with Crippen LogP contribution in [0.4, 0.5) is 10.5 Å². The van der Waals surface area contributed by atoms with Gasteiger partial charge in [0.15, 0.2) is 0 Å². The summed E-state index contributed by atoms with van der Waals surface area (Å²) in [7, 11) is 0. The number of halogens is 1. The van der Waals surface area contributed by atoms with Gasteiger partial charge in [0.1, 0.15) is 11.6 Å². The van der Waals surface area contributed by atoms with Crippen LogP contribution in [0.15, 0.2) is 77.9 Å². The second-order valence-electron chi connectivity index (χ2n) is 11.0. The van der Waals surface area contributed by atoms with Crippen LogP contribution in [0.3, 0.4) is 0 Å². The van der Waals surface area contributed by atoms with E-state index in [1.807, 2.05) is 44.2 Å². The summed E-state index contributed by atoms with van der Waals surface area (Å²) in [6.07, 6.45) is 2.92. The predicted molar refractivity (Wildman–Crippen MR) is 161 cm³/mol. The highest BCUT2D eigenvalue weighted by atomic mass is 35.5. The van der Waals surface area contributed by atoms with Crippen LogP contribution in [0.1, 0.15) is 46.2 Å². The molecule has 1 unspecified atom stereocenters. The standard InChI is InChI=1S/C31H34ClN5O4/c1-19(2)37-18-22(9-13-28(37)38)21-8-12-25(32)23(16-21)17-27(35-30(40)41-31(3,4)5)29(39)34-24-10-6-20(7-11-24)26-14-15-33-36-26/h6-16,18-19,27H,17H2,1-5H3,(H,33,36)(H,34,39)(H,35,40). The first-order valence-electron chi connectivity index (χ1n) is 13.3. The smallest absolute Gasteiger partial charge is 0.408 e. The molecular formula is C31H34ClN5O4. The van der Waals surface area contributed by atoms with E-state index in [1.54, 1.807) is 62.0 Å². The maximum atomic E-state index is 13.5. The second-order valence-corrected chi connectivity index (χ2v) is 11.4. The lowest BCUT2D eigenvalue weighted by atomic mass is 9.99. The number of pyridine rings is 1. The van der Waals surface area contributed by atoms with Crippen molar-refractivity contribution in [1.29, 1.82) is 0 Å². The van der Waals surface area contributed by atoms with Gasteiger partial charge < -0.3 is 19.9 Å². The lowest BCUT2D eigenvalue weighted by molar-refractivity contribution is -0.118. The minimum Gasteiger partial charge on any atom is -0.444 e. The van der Waals surface area contributed by atoms with Crippen molar-refractivity contribution in [1.82, 2.24) is 20.1 Å². The third-order valence-corrected chi connectivity index (χ3v) is 6.62. The van der Waals surface area contributed by atoms with Crippen molar-refractivity contribution in [3.63, 3.8) is 0 Å². The molecule has 2 aromatic carbocycles. The molecule has 0 aliphatic heterocycles. The van der Waals surface area contributed by atoms with E-state index < -0.39 is 23.6 Å². The van der Waals surface area contributed by atoms with Crippen LogP contribution in [-0.4, -0.2) is 38.4 Å². The van der Waals surface area contributed by atoms with E-state index in [1.165, 1.54) is 6.07 Å². The Balaban J connectivity index is 1.60. The van der Waals surface area contributed by atoms with Gasteiger partial charge in [-0.15, -0.1) is 0 Å². The molecule has 9 nitrogen and oxygen atoms in total. The van der Waals surface area contributed by atoms with Crippen LogP contribution in [-0.2, 0) is 16.0 Å². The molecule has 2 amide bonds. The SMILES string of the molecule is CC(C)n1cc(-c2ccc(Cl)c(CC(NC(=O)OC(C)(C)C)C(=O)Nc3ccc(-c4cc[nH]n4)cc3)c2)ccc1=O. The largest absolute Gasteiger partial charge is 0.444 e. The summed E-state index contributed by atoms with van der Waals surface area (Å²) in [5, 5.41) is 13.0. The van der Waals surface area contributed by atoms with Gasteiger partial charge in [0, 0.05) is 47.2 Å². The predicted octanol–water partition coefficient (Wildman–Crippen LogP) is 6.21. The van der Waals surface area contributed by atoms with Gasteiger partial charge in [-0.25, -0.2) is 4.79 Å². The van der Waals surface area contributed by atoms with Crippen molar-refractivity contribution >= 4 is 29.3 Å². The number of benzene rings is 2. The molecule has 4 rings (SSSR count). The zero-order valence-electron chi connectivity index (χ0n) is 23.7. The summed E-state index contributed by atoms with van der Waals surface area (Å²) >= 11 is 6.57. The highest BCUT2D eigenvalue weighted by Crippen LogP contribution is 2.27. The van der Waals surface area contributed by atoms with Crippen LogP contribution >= 0.6 is 11.6 Å². The first kappa shape index (κ1) is 29.6. The van der Waals surface area contributed by atoms with Crippen LogP contribution in [0, 0.1) is 0 Å². The zero-order chi connectivity index (χ0) is 29.7. The van der Waals surface area contributed by atoms with Gasteiger partial charge in [0.2, 0.25) is 5.91 Å². The first-order valence-corrected chi connectivity index (χ1v) is 13.7. The van der Waals surface area contributed by atoms with Crippen molar-refractivity contribution < 1.29 is 14.3 Å². The number of hydrogen-bond donors (Lipinski definition) is 3. The van der Waals surface area contributed by atoms with E-state index in [2.05, 4.69) is 20.8 Å². The molecule has 0 fully saturated rings. The molecule has 2 aromatic heterocycles. The molecule has 0 saturated heterocycles. The molecule has 41 heavy (non-hydrogen) atoms. The van der Waals surface area contributed by atoms with Crippen molar-refractivity contribution in [3.8, 4) is 22.4 Å². The lowest BCUT2D eigenvalue weighted by Crippen LogP contribution is -2.47. The van der Waals surface area contributed by atoms with E-state index >= 15 is 0 Å². The molecule has 214 valence electrons. The first-order chi connectivity index (χ1) is 19.4. The number of H-pyrrole nitrogens is 1. The fraction of sp³-hybridized carbons (Fsp3) is 0.290. The Morgan fingerprint density at radius 1 is 1.00 bits per heavy atom. The van der Waals surface area contributed by atoms with E-state index in [0.29, 0.717) is 16.3 Å². The Morgan fingerprint density at radius 3 is 2.32 bits per heavy atom. The minimum absolute atomic E-state index is 0.00586. The van der Waals surface area contributed by atoms with Gasteiger partial charge in [-0.05, 0) is 87.7 Å². The Labute approximate surface area is 243 Å². The molecule has 0 spiro atoms. The van der Waals surface area contributed by atoms with E-state index in [0.717, 1.165) is 22.4 Å². The zero-order valence-corrected chi connectivity index (χ0v) is 24.5. The summed E-state index contributed by atoms with van der Waals surface area (Å²) in [5.41, 5.74) is 3.69. The molecule has 10 heteroatoms. The number of carbonyl (C=O) groups excluding carboxylic acids is 2. The van der Waals surface area contributed by atoms with Crippen LogP contribution in [0.5, 0.6) is 0 Å². The number of carbonyl (C=O) groups is 2. The van der Waals surface area contributed by atoms with Crippen molar-refractivity contribution in [3.05, 3.63) is 94.0 Å². The normalized spacial score (nSPS) is 12.2. The van der Waals surface area contributed by atoms with Gasteiger partial charge >= 0.3 is 6.09 Å². The number of alkyl carbamates (subject to hydrolysis) is 1. The molecule has 4 aromatic rings. The molecule has 3 N–H and O–H groups in total. The highest BCUT2D eigenvalue weighted by Gasteiger charge is 2.26. The molecule has 0 radical (unpaired) electrons. The average molecular weight is 576 g/mol. The van der Waals surface area contributed by atoms with Gasteiger partial charge in [0.25, 0.3) is 5.56 Å².